The average molecular weight is 289 g/mol. The van der Waals surface area contributed by atoms with Gasteiger partial charge >= 0.3 is 0 Å². The number of hydrogen-bond donors (Lipinski definition) is 1. The quantitative estimate of drug-likeness (QED) is 0.874. The molecule has 0 aliphatic rings. The molecule has 0 amide bonds. The first kappa shape index (κ1) is 14.7. The normalized spacial score (nSPS) is 12.0. The Morgan fingerprint density at radius 1 is 1.00 bits per heavy atom. The number of benzene rings is 2. The summed E-state index contributed by atoms with van der Waals surface area (Å²) >= 11 is 5.90. The highest BCUT2D eigenvalue weighted by Crippen LogP contribution is 2.17. The standard InChI is InChI=1S/C17H21ClN2/c1-13(12-14-4-6-15(18)7-5-14)19-16-8-10-17(11-9-16)20(2)3/h4-11,13,19H,12H2,1-3H3. The minimum atomic E-state index is 0.376. The van der Waals surface area contributed by atoms with Crippen LogP contribution in [0.25, 0.3) is 0 Å². The second kappa shape index (κ2) is 6.67. The predicted octanol–water partition coefficient (Wildman–Crippen LogP) is 4.45. The van der Waals surface area contributed by atoms with E-state index in [2.05, 4.69) is 53.5 Å². The molecular weight excluding hydrogens is 268 g/mol. The van der Waals surface area contributed by atoms with E-state index in [0.29, 0.717) is 6.04 Å². The van der Waals surface area contributed by atoms with Crippen LogP contribution in [0.5, 0.6) is 0 Å². The maximum atomic E-state index is 5.90. The largest absolute Gasteiger partial charge is 0.382 e. The predicted molar refractivity (Wildman–Crippen MR) is 89.0 cm³/mol. The molecule has 2 nitrogen and oxygen atoms in total. The average Bonchev–Trinajstić information content (AvgIpc) is 2.42. The molecule has 20 heavy (non-hydrogen) atoms. The molecule has 1 N–H and O–H groups in total. The fourth-order valence-corrected chi connectivity index (χ4v) is 2.29. The van der Waals surface area contributed by atoms with Gasteiger partial charge in [0.05, 0.1) is 0 Å². The molecular formula is C17H21ClN2. The van der Waals surface area contributed by atoms with Crippen LogP contribution in [0.15, 0.2) is 48.5 Å². The lowest BCUT2D eigenvalue weighted by atomic mass is 10.1. The molecule has 2 aromatic rings. The molecule has 0 aromatic heterocycles. The van der Waals surface area contributed by atoms with E-state index in [1.54, 1.807) is 0 Å². The third-order valence-corrected chi connectivity index (χ3v) is 3.50. The van der Waals surface area contributed by atoms with Gasteiger partial charge in [-0.15, -0.1) is 0 Å². The van der Waals surface area contributed by atoms with Crippen molar-refractivity contribution in [2.45, 2.75) is 19.4 Å². The van der Waals surface area contributed by atoms with Crippen molar-refractivity contribution in [3.63, 3.8) is 0 Å². The molecule has 0 heterocycles. The Balaban J connectivity index is 1.93. The monoisotopic (exact) mass is 288 g/mol. The Kier molecular flexibility index (Phi) is 4.91. The highest BCUT2D eigenvalue weighted by Gasteiger charge is 2.04. The van der Waals surface area contributed by atoms with Crippen LogP contribution in [-0.2, 0) is 6.42 Å². The maximum absolute atomic E-state index is 5.90. The van der Waals surface area contributed by atoms with Crippen LogP contribution in [0.2, 0.25) is 5.02 Å². The Morgan fingerprint density at radius 2 is 1.60 bits per heavy atom. The van der Waals surface area contributed by atoms with Crippen LogP contribution in [0.4, 0.5) is 11.4 Å². The van der Waals surface area contributed by atoms with Crippen molar-refractivity contribution >= 4 is 23.0 Å². The summed E-state index contributed by atoms with van der Waals surface area (Å²) in [6, 6.07) is 16.9. The van der Waals surface area contributed by atoms with Crippen molar-refractivity contribution in [2.24, 2.45) is 0 Å². The number of halogens is 1. The summed E-state index contributed by atoms with van der Waals surface area (Å²) in [5, 5.41) is 4.31. The molecule has 0 spiro atoms. The van der Waals surface area contributed by atoms with Gasteiger partial charge in [0.15, 0.2) is 0 Å². The molecule has 106 valence electrons. The van der Waals surface area contributed by atoms with Crippen molar-refractivity contribution in [3.05, 3.63) is 59.1 Å². The highest BCUT2D eigenvalue weighted by atomic mass is 35.5. The van der Waals surface area contributed by atoms with Crippen molar-refractivity contribution < 1.29 is 0 Å². The topological polar surface area (TPSA) is 15.3 Å². The first-order chi connectivity index (χ1) is 9.54. The molecule has 0 aliphatic heterocycles. The van der Waals surface area contributed by atoms with Crippen molar-refractivity contribution in [2.75, 3.05) is 24.3 Å². The first-order valence-corrected chi connectivity index (χ1v) is 7.21. The molecule has 1 atom stereocenters. The van der Waals surface area contributed by atoms with Gasteiger partial charge in [0.1, 0.15) is 0 Å². The van der Waals surface area contributed by atoms with E-state index in [-0.39, 0.29) is 0 Å². The van der Waals surface area contributed by atoms with Gasteiger partial charge in [-0.2, -0.15) is 0 Å². The fourth-order valence-electron chi connectivity index (χ4n) is 2.17. The molecule has 0 saturated carbocycles. The van der Waals surface area contributed by atoms with Crippen LogP contribution in [0, 0.1) is 0 Å². The van der Waals surface area contributed by atoms with Gasteiger partial charge in [-0.05, 0) is 55.3 Å². The van der Waals surface area contributed by atoms with E-state index < -0.39 is 0 Å². The minimum absolute atomic E-state index is 0.376. The first-order valence-electron chi connectivity index (χ1n) is 6.83. The van der Waals surface area contributed by atoms with Crippen LogP contribution in [0.3, 0.4) is 0 Å². The summed E-state index contributed by atoms with van der Waals surface area (Å²) in [4.78, 5) is 2.10. The highest BCUT2D eigenvalue weighted by molar-refractivity contribution is 6.30. The fraction of sp³-hybridized carbons (Fsp3) is 0.294. The summed E-state index contributed by atoms with van der Waals surface area (Å²) in [6.07, 6.45) is 0.979. The SMILES string of the molecule is CC(Cc1ccc(Cl)cc1)Nc1ccc(N(C)C)cc1. The van der Waals surface area contributed by atoms with Crippen LogP contribution < -0.4 is 10.2 Å². The zero-order chi connectivity index (χ0) is 14.5. The number of nitrogens with zero attached hydrogens (tertiary/aromatic N) is 1. The second-order valence-corrected chi connectivity index (χ2v) is 5.75. The van der Waals surface area contributed by atoms with Crippen LogP contribution >= 0.6 is 11.6 Å². The Hall–Kier alpha value is -1.67. The Morgan fingerprint density at radius 3 is 2.15 bits per heavy atom. The lowest BCUT2D eigenvalue weighted by molar-refractivity contribution is 0.790. The zero-order valence-electron chi connectivity index (χ0n) is 12.2. The van der Waals surface area contributed by atoms with Gasteiger partial charge in [-0.25, -0.2) is 0 Å². The number of rotatable bonds is 5. The molecule has 2 rings (SSSR count). The number of nitrogens with one attached hydrogen (secondary N) is 1. The molecule has 3 heteroatoms. The molecule has 0 bridgehead atoms. The number of anilines is 2. The molecule has 0 radical (unpaired) electrons. The van der Waals surface area contributed by atoms with Gasteiger partial charge in [0, 0.05) is 36.5 Å². The van der Waals surface area contributed by atoms with E-state index in [4.69, 9.17) is 11.6 Å². The van der Waals surface area contributed by atoms with E-state index >= 15 is 0 Å². The van der Waals surface area contributed by atoms with Crippen molar-refractivity contribution in [1.29, 1.82) is 0 Å². The summed E-state index contributed by atoms with van der Waals surface area (Å²) < 4.78 is 0. The van der Waals surface area contributed by atoms with E-state index in [0.717, 1.165) is 17.1 Å². The van der Waals surface area contributed by atoms with Crippen LogP contribution in [-0.4, -0.2) is 20.1 Å². The molecule has 0 fully saturated rings. The van der Waals surface area contributed by atoms with E-state index in [1.165, 1.54) is 11.3 Å². The number of hydrogen-bond acceptors (Lipinski definition) is 2. The third kappa shape index (κ3) is 4.17. The molecule has 1 unspecified atom stereocenters. The zero-order valence-corrected chi connectivity index (χ0v) is 13.0. The summed E-state index contributed by atoms with van der Waals surface area (Å²) in [5.41, 5.74) is 3.65. The summed E-state index contributed by atoms with van der Waals surface area (Å²) in [6.45, 7) is 2.19. The van der Waals surface area contributed by atoms with E-state index in [9.17, 15) is 0 Å². The lowest BCUT2D eigenvalue weighted by Crippen LogP contribution is -2.18. The smallest absolute Gasteiger partial charge is 0.0406 e. The lowest BCUT2D eigenvalue weighted by Gasteiger charge is -2.17. The van der Waals surface area contributed by atoms with Gasteiger partial charge < -0.3 is 10.2 Å². The Bertz CT molecular complexity index is 532. The van der Waals surface area contributed by atoms with Gasteiger partial charge in [-0.3, -0.25) is 0 Å². The summed E-state index contributed by atoms with van der Waals surface area (Å²) in [7, 11) is 4.09. The van der Waals surface area contributed by atoms with Gasteiger partial charge in [0.25, 0.3) is 0 Å². The van der Waals surface area contributed by atoms with Crippen molar-refractivity contribution in [3.8, 4) is 0 Å². The Labute approximate surface area is 126 Å². The van der Waals surface area contributed by atoms with Gasteiger partial charge in [0.2, 0.25) is 0 Å². The minimum Gasteiger partial charge on any atom is -0.382 e. The molecule has 0 saturated heterocycles. The van der Waals surface area contributed by atoms with Crippen LogP contribution in [0.1, 0.15) is 12.5 Å². The van der Waals surface area contributed by atoms with Gasteiger partial charge in [-0.1, -0.05) is 23.7 Å². The van der Waals surface area contributed by atoms with E-state index in [1.807, 2.05) is 26.2 Å². The third-order valence-electron chi connectivity index (χ3n) is 3.25. The maximum Gasteiger partial charge on any atom is 0.0406 e. The molecule has 0 aliphatic carbocycles. The molecule has 2 aromatic carbocycles. The summed E-state index contributed by atoms with van der Waals surface area (Å²) in [5.74, 6) is 0. The van der Waals surface area contributed by atoms with Crippen molar-refractivity contribution in [1.82, 2.24) is 0 Å². The second-order valence-electron chi connectivity index (χ2n) is 5.32.